The largest absolute Gasteiger partial charge is 0.354 e. The molecule has 1 saturated carbocycles. The van der Waals surface area contributed by atoms with E-state index in [1.54, 1.807) is 10.7 Å². The molecule has 18 heavy (non-hydrogen) atoms. The Morgan fingerprint density at radius 3 is 3.00 bits per heavy atom. The molecule has 2 aromatic rings. The van der Waals surface area contributed by atoms with Crippen molar-refractivity contribution in [3.05, 3.63) is 12.4 Å². The van der Waals surface area contributed by atoms with Crippen molar-refractivity contribution >= 4 is 27.4 Å². The maximum absolute atomic E-state index is 4.21. The van der Waals surface area contributed by atoms with E-state index in [0.29, 0.717) is 16.5 Å². The quantitative estimate of drug-likeness (QED) is 0.790. The highest BCUT2D eigenvalue weighted by Crippen LogP contribution is 2.30. The summed E-state index contributed by atoms with van der Waals surface area (Å²) in [6.45, 7) is 0. The van der Waals surface area contributed by atoms with Crippen LogP contribution in [0.3, 0.4) is 0 Å². The second kappa shape index (κ2) is 4.79. The van der Waals surface area contributed by atoms with Gasteiger partial charge in [-0.1, -0.05) is 28.8 Å². The predicted octanol–water partition coefficient (Wildman–Crippen LogP) is 1.66. The molecule has 7 heteroatoms. The normalized spacial score (nSPS) is 24.3. The number of fused-ring (bicyclic) bond motifs is 1. The zero-order chi connectivity index (χ0) is 12.5. The van der Waals surface area contributed by atoms with Crippen LogP contribution in [0.25, 0.3) is 5.65 Å². The van der Waals surface area contributed by atoms with Gasteiger partial charge in [0.1, 0.15) is 0 Å². The lowest BCUT2D eigenvalue weighted by Crippen LogP contribution is -2.41. The van der Waals surface area contributed by atoms with Crippen molar-refractivity contribution in [1.82, 2.24) is 25.0 Å². The van der Waals surface area contributed by atoms with Crippen LogP contribution in [0.1, 0.15) is 25.7 Å². The predicted molar refractivity (Wildman–Crippen MR) is 72.0 cm³/mol. The van der Waals surface area contributed by atoms with Crippen LogP contribution in [0.4, 0.5) is 5.82 Å². The first-order valence-electron chi connectivity index (χ1n) is 6.16. The summed E-state index contributed by atoms with van der Waals surface area (Å²) >= 11 is 3.78. The van der Waals surface area contributed by atoms with Crippen molar-refractivity contribution < 1.29 is 0 Å². The van der Waals surface area contributed by atoms with Gasteiger partial charge in [-0.2, -0.15) is 4.52 Å². The molecular formula is C11H15BrN6. The molecule has 0 spiro atoms. The summed E-state index contributed by atoms with van der Waals surface area (Å²) in [6, 6.07) is 0.468. The first kappa shape index (κ1) is 11.8. The number of hydrogen-bond acceptors (Lipinski definition) is 5. The fourth-order valence-corrected chi connectivity index (χ4v) is 3.52. The molecule has 0 saturated heterocycles. The van der Waals surface area contributed by atoms with Crippen molar-refractivity contribution in [2.75, 3.05) is 11.9 Å². The first-order chi connectivity index (χ1) is 8.77. The summed E-state index contributed by atoms with van der Waals surface area (Å²) in [5.41, 5.74) is 0.682. The minimum Gasteiger partial charge on any atom is -0.354 e. The molecule has 2 unspecified atom stereocenters. The molecule has 3 rings (SSSR count). The molecule has 2 heterocycles. The van der Waals surface area contributed by atoms with Crippen LogP contribution in [-0.4, -0.2) is 42.9 Å². The van der Waals surface area contributed by atoms with E-state index >= 15 is 0 Å². The fraction of sp³-hybridized carbons (Fsp3) is 0.636. The summed E-state index contributed by atoms with van der Waals surface area (Å²) in [7, 11) is 2.09. The van der Waals surface area contributed by atoms with Gasteiger partial charge in [-0.3, -0.25) is 4.98 Å². The Kier molecular flexibility index (Phi) is 3.15. The SMILES string of the molecule is CN(c1cncc2nnnn12)C1CCCCC1Br. The van der Waals surface area contributed by atoms with Gasteiger partial charge in [-0.25, -0.2) is 0 Å². The number of hydrogen-bond donors (Lipinski definition) is 0. The van der Waals surface area contributed by atoms with Crippen LogP contribution < -0.4 is 4.90 Å². The Morgan fingerprint density at radius 2 is 2.17 bits per heavy atom. The van der Waals surface area contributed by atoms with Gasteiger partial charge >= 0.3 is 0 Å². The Labute approximate surface area is 114 Å². The molecule has 0 bridgehead atoms. The van der Waals surface area contributed by atoms with Gasteiger partial charge in [0.25, 0.3) is 0 Å². The smallest absolute Gasteiger partial charge is 0.199 e. The van der Waals surface area contributed by atoms with E-state index in [0.717, 1.165) is 5.82 Å². The molecule has 6 nitrogen and oxygen atoms in total. The molecule has 1 aliphatic rings. The molecule has 0 amide bonds. The second-order valence-corrected chi connectivity index (χ2v) is 5.87. The molecule has 1 aliphatic carbocycles. The molecule has 0 aliphatic heterocycles. The first-order valence-corrected chi connectivity index (χ1v) is 7.08. The van der Waals surface area contributed by atoms with E-state index in [-0.39, 0.29) is 0 Å². The summed E-state index contributed by atoms with van der Waals surface area (Å²) in [5, 5.41) is 11.6. The van der Waals surface area contributed by atoms with Gasteiger partial charge in [-0.05, 0) is 23.3 Å². The lowest BCUT2D eigenvalue weighted by Gasteiger charge is -2.36. The molecule has 2 atom stereocenters. The maximum Gasteiger partial charge on any atom is 0.199 e. The van der Waals surface area contributed by atoms with Crippen molar-refractivity contribution in [3.8, 4) is 0 Å². The third-order valence-electron chi connectivity index (χ3n) is 3.60. The second-order valence-electron chi connectivity index (χ2n) is 4.69. The third kappa shape index (κ3) is 1.96. The van der Waals surface area contributed by atoms with E-state index in [1.165, 1.54) is 25.7 Å². The molecule has 96 valence electrons. The van der Waals surface area contributed by atoms with Gasteiger partial charge in [0, 0.05) is 17.9 Å². The molecule has 2 aromatic heterocycles. The highest BCUT2D eigenvalue weighted by Gasteiger charge is 2.27. The van der Waals surface area contributed by atoms with E-state index in [2.05, 4.69) is 48.4 Å². The molecule has 0 N–H and O–H groups in total. The van der Waals surface area contributed by atoms with Gasteiger partial charge < -0.3 is 4.90 Å². The van der Waals surface area contributed by atoms with Crippen LogP contribution in [0, 0.1) is 0 Å². The average Bonchev–Trinajstić information content (AvgIpc) is 2.86. The van der Waals surface area contributed by atoms with Crippen LogP contribution >= 0.6 is 15.9 Å². The van der Waals surface area contributed by atoms with Crippen molar-refractivity contribution in [2.24, 2.45) is 0 Å². The Bertz CT molecular complexity index is 541. The van der Waals surface area contributed by atoms with Crippen molar-refractivity contribution in [3.63, 3.8) is 0 Å². The number of alkyl halides is 1. The zero-order valence-electron chi connectivity index (χ0n) is 10.2. The average molecular weight is 311 g/mol. The van der Waals surface area contributed by atoms with Gasteiger partial charge in [0.2, 0.25) is 0 Å². The fourth-order valence-electron chi connectivity index (χ4n) is 2.58. The third-order valence-corrected chi connectivity index (χ3v) is 4.66. The maximum atomic E-state index is 4.21. The molecule has 0 radical (unpaired) electrons. The highest BCUT2D eigenvalue weighted by molar-refractivity contribution is 9.09. The van der Waals surface area contributed by atoms with Crippen molar-refractivity contribution in [2.45, 2.75) is 36.6 Å². The van der Waals surface area contributed by atoms with Crippen LogP contribution in [-0.2, 0) is 0 Å². The Balaban J connectivity index is 1.95. The van der Waals surface area contributed by atoms with Gasteiger partial charge in [0.15, 0.2) is 11.5 Å². The lowest BCUT2D eigenvalue weighted by atomic mass is 9.94. The summed E-state index contributed by atoms with van der Waals surface area (Å²) in [5.74, 6) is 0.939. The van der Waals surface area contributed by atoms with Crippen molar-refractivity contribution in [1.29, 1.82) is 0 Å². The molecular weight excluding hydrogens is 296 g/mol. The van der Waals surface area contributed by atoms with E-state index in [4.69, 9.17) is 0 Å². The van der Waals surface area contributed by atoms with Gasteiger partial charge in [-0.15, -0.1) is 5.10 Å². The highest BCUT2D eigenvalue weighted by atomic mass is 79.9. The minimum atomic E-state index is 0.468. The van der Waals surface area contributed by atoms with E-state index < -0.39 is 0 Å². The zero-order valence-corrected chi connectivity index (χ0v) is 11.8. The topological polar surface area (TPSA) is 59.2 Å². The monoisotopic (exact) mass is 310 g/mol. The number of anilines is 1. The number of tetrazole rings is 1. The standard InChI is InChI=1S/C11H15BrN6/c1-17(9-5-3-2-4-8(9)12)11-7-13-6-10-14-15-16-18(10)11/h6-9H,2-5H2,1H3. The van der Waals surface area contributed by atoms with Crippen LogP contribution in [0.2, 0.25) is 0 Å². The summed E-state index contributed by atoms with van der Waals surface area (Å²) in [6.07, 6.45) is 8.46. The Hall–Kier alpha value is -1.24. The molecule has 0 aromatic carbocycles. The minimum absolute atomic E-state index is 0.468. The number of halogens is 1. The van der Waals surface area contributed by atoms with Crippen LogP contribution in [0.15, 0.2) is 12.4 Å². The summed E-state index contributed by atoms with van der Waals surface area (Å²) in [4.78, 5) is 6.95. The van der Waals surface area contributed by atoms with Gasteiger partial charge in [0.05, 0.1) is 12.4 Å². The lowest BCUT2D eigenvalue weighted by molar-refractivity contribution is 0.440. The Morgan fingerprint density at radius 1 is 1.33 bits per heavy atom. The summed E-state index contributed by atoms with van der Waals surface area (Å²) < 4.78 is 1.74. The number of rotatable bonds is 2. The van der Waals surface area contributed by atoms with E-state index in [9.17, 15) is 0 Å². The number of nitrogens with zero attached hydrogens (tertiary/aromatic N) is 6. The van der Waals surface area contributed by atoms with E-state index in [1.807, 2.05) is 6.20 Å². The number of aromatic nitrogens is 5. The van der Waals surface area contributed by atoms with Crippen LogP contribution in [0.5, 0.6) is 0 Å². The molecule has 1 fully saturated rings.